The third-order valence-corrected chi connectivity index (χ3v) is 5.24. The first kappa shape index (κ1) is 14.8. The molecule has 5 heteroatoms. The second kappa shape index (κ2) is 6.03. The average molecular weight is 422 g/mol. The van der Waals surface area contributed by atoms with Crippen molar-refractivity contribution in [2.75, 3.05) is 11.2 Å². The average Bonchev–Trinajstić information content (AvgIpc) is 3.18. The Balaban J connectivity index is 1.77. The fraction of sp³-hybridized carbons (Fsp3) is 0.278. The van der Waals surface area contributed by atoms with Gasteiger partial charge in [0.1, 0.15) is 6.10 Å². The van der Waals surface area contributed by atoms with E-state index in [1.54, 1.807) is 0 Å². The Bertz CT molecular complexity index is 731. The highest BCUT2D eigenvalue weighted by Crippen LogP contribution is 2.46. The van der Waals surface area contributed by atoms with Gasteiger partial charge in [-0.15, -0.1) is 0 Å². The van der Waals surface area contributed by atoms with Gasteiger partial charge in [0.05, 0.1) is 5.92 Å². The Morgan fingerprint density at radius 1 is 1.00 bits per heavy atom. The van der Waals surface area contributed by atoms with Crippen molar-refractivity contribution in [2.24, 2.45) is 0 Å². The fourth-order valence-corrected chi connectivity index (χ4v) is 4.04. The van der Waals surface area contributed by atoms with E-state index in [9.17, 15) is 4.79 Å². The van der Waals surface area contributed by atoms with Crippen LogP contribution in [0.5, 0.6) is 11.5 Å². The van der Waals surface area contributed by atoms with Crippen molar-refractivity contribution in [2.45, 2.75) is 17.9 Å². The molecule has 4 nitrogen and oxygen atoms in total. The Labute approximate surface area is 147 Å². The Morgan fingerprint density at radius 2 is 1.78 bits per heavy atom. The molecule has 0 radical (unpaired) electrons. The van der Waals surface area contributed by atoms with Gasteiger partial charge in [0.25, 0.3) is 0 Å². The summed E-state index contributed by atoms with van der Waals surface area (Å²) in [5, 5.41) is 0. The van der Waals surface area contributed by atoms with Crippen LogP contribution in [0.2, 0.25) is 0 Å². The number of benzene rings is 2. The van der Waals surface area contributed by atoms with Crippen LogP contribution in [-0.2, 0) is 9.53 Å². The predicted octanol–water partition coefficient (Wildman–Crippen LogP) is 3.64. The van der Waals surface area contributed by atoms with E-state index in [4.69, 9.17) is 14.2 Å². The van der Waals surface area contributed by atoms with E-state index < -0.39 is 0 Å². The second-order valence-electron chi connectivity index (χ2n) is 5.66. The van der Waals surface area contributed by atoms with Gasteiger partial charge in [-0.3, -0.25) is 4.79 Å². The lowest BCUT2D eigenvalue weighted by Crippen LogP contribution is -2.19. The number of hydrogen-bond acceptors (Lipinski definition) is 4. The van der Waals surface area contributed by atoms with Gasteiger partial charge in [0.15, 0.2) is 11.5 Å². The van der Waals surface area contributed by atoms with Crippen LogP contribution in [0.1, 0.15) is 23.0 Å². The molecule has 1 saturated heterocycles. The smallest absolute Gasteiger partial charge is 0.314 e. The van der Waals surface area contributed by atoms with Gasteiger partial charge in [-0.05, 0) is 23.3 Å². The molecule has 23 heavy (non-hydrogen) atoms. The molecule has 0 saturated carbocycles. The lowest BCUT2D eigenvalue weighted by Gasteiger charge is -2.20. The molecule has 4 rings (SSSR count). The van der Waals surface area contributed by atoms with E-state index in [2.05, 4.69) is 22.6 Å². The van der Waals surface area contributed by atoms with Gasteiger partial charge < -0.3 is 14.2 Å². The molecule has 0 amide bonds. The zero-order chi connectivity index (χ0) is 15.8. The molecule has 0 aromatic heterocycles. The lowest BCUT2D eigenvalue weighted by molar-refractivity contribution is -0.141. The fourth-order valence-electron chi connectivity index (χ4n) is 3.32. The quantitative estimate of drug-likeness (QED) is 0.431. The third kappa shape index (κ3) is 2.56. The molecular weight excluding hydrogens is 407 g/mol. The number of ether oxygens (including phenoxy) is 3. The van der Waals surface area contributed by atoms with Gasteiger partial charge in [0.2, 0.25) is 6.79 Å². The number of esters is 1. The number of alkyl halides is 1. The van der Waals surface area contributed by atoms with Crippen LogP contribution < -0.4 is 9.47 Å². The van der Waals surface area contributed by atoms with Crippen molar-refractivity contribution in [3.05, 3.63) is 59.7 Å². The maximum absolute atomic E-state index is 12.5. The van der Waals surface area contributed by atoms with Crippen molar-refractivity contribution < 1.29 is 19.0 Å². The molecule has 118 valence electrons. The van der Waals surface area contributed by atoms with E-state index in [1.807, 2.05) is 48.5 Å². The third-order valence-electron chi connectivity index (χ3n) is 4.37. The first-order valence-corrected chi connectivity index (χ1v) is 9.01. The highest BCUT2D eigenvalue weighted by molar-refractivity contribution is 14.1. The van der Waals surface area contributed by atoms with Gasteiger partial charge in [-0.1, -0.05) is 59.0 Å². The van der Waals surface area contributed by atoms with E-state index in [0.717, 1.165) is 27.1 Å². The maximum atomic E-state index is 12.5. The summed E-state index contributed by atoms with van der Waals surface area (Å²) in [4.78, 5) is 12.5. The van der Waals surface area contributed by atoms with Crippen LogP contribution in [0.15, 0.2) is 48.5 Å². The highest BCUT2D eigenvalue weighted by atomic mass is 127. The number of rotatable bonds is 3. The number of halogens is 1. The van der Waals surface area contributed by atoms with Gasteiger partial charge in [0, 0.05) is 10.3 Å². The molecule has 0 bridgehead atoms. The minimum Gasteiger partial charge on any atom is -0.460 e. The van der Waals surface area contributed by atoms with E-state index in [0.29, 0.717) is 0 Å². The van der Waals surface area contributed by atoms with Crippen molar-refractivity contribution in [1.29, 1.82) is 0 Å². The van der Waals surface area contributed by atoms with Gasteiger partial charge in [-0.25, -0.2) is 0 Å². The van der Waals surface area contributed by atoms with Crippen LogP contribution in [0.4, 0.5) is 0 Å². The molecule has 2 heterocycles. The van der Waals surface area contributed by atoms with E-state index in [1.165, 1.54) is 0 Å². The number of carbonyl (C=O) groups is 1. The molecular formula is C18H15IO4. The molecule has 2 aliphatic heterocycles. The molecule has 1 fully saturated rings. The normalized spacial score (nSPS) is 25.4. The summed E-state index contributed by atoms with van der Waals surface area (Å²) in [6, 6.07) is 15.7. The zero-order valence-electron chi connectivity index (χ0n) is 12.3. The monoisotopic (exact) mass is 422 g/mol. The van der Waals surface area contributed by atoms with E-state index in [-0.39, 0.29) is 30.7 Å². The van der Waals surface area contributed by atoms with Crippen LogP contribution in [0.3, 0.4) is 0 Å². The number of hydrogen-bond donors (Lipinski definition) is 0. The Morgan fingerprint density at radius 3 is 2.57 bits per heavy atom. The zero-order valence-corrected chi connectivity index (χ0v) is 14.4. The molecule has 0 N–H and O–H groups in total. The minimum absolute atomic E-state index is 0.0173. The lowest BCUT2D eigenvalue weighted by atomic mass is 9.80. The van der Waals surface area contributed by atoms with Crippen LogP contribution in [-0.4, -0.2) is 23.3 Å². The summed E-state index contributed by atoms with van der Waals surface area (Å²) >= 11 is 2.27. The molecule has 2 aliphatic rings. The predicted molar refractivity (Wildman–Crippen MR) is 93.3 cm³/mol. The van der Waals surface area contributed by atoms with Crippen LogP contribution >= 0.6 is 22.6 Å². The summed E-state index contributed by atoms with van der Waals surface area (Å²) in [6.07, 6.45) is -0.131. The van der Waals surface area contributed by atoms with Crippen molar-refractivity contribution >= 4 is 28.6 Å². The number of cyclic esters (lactones) is 1. The molecule has 0 spiro atoms. The number of fused-ring (bicyclic) bond motifs is 1. The molecule has 2 aromatic rings. The summed E-state index contributed by atoms with van der Waals surface area (Å²) < 4.78 is 17.3. The second-order valence-corrected chi connectivity index (χ2v) is 6.54. The molecule has 0 unspecified atom stereocenters. The van der Waals surface area contributed by atoms with Gasteiger partial charge in [-0.2, -0.15) is 0 Å². The Kier molecular flexibility index (Phi) is 3.88. The highest BCUT2D eigenvalue weighted by Gasteiger charge is 2.46. The van der Waals surface area contributed by atoms with Crippen molar-refractivity contribution in [1.82, 2.24) is 0 Å². The summed E-state index contributed by atoms with van der Waals surface area (Å²) in [5.41, 5.74) is 2.04. The summed E-state index contributed by atoms with van der Waals surface area (Å²) in [5.74, 6) is 1.04. The molecule has 3 atom stereocenters. The maximum Gasteiger partial charge on any atom is 0.314 e. The van der Waals surface area contributed by atoms with Crippen molar-refractivity contribution in [3.63, 3.8) is 0 Å². The van der Waals surface area contributed by atoms with Gasteiger partial charge >= 0.3 is 5.97 Å². The van der Waals surface area contributed by atoms with Crippen molar-refractivity contribution in [3.8, 4) is 11.5 Å². The first-order valence-electron chi connectivity index (χ1n) is 7.49. The first-order chi connectivity index (χ1) is 11.3. The molecule has 0 aliphatic carbocycles. The number of carbonyl (C=O) groups excluding carboxylic acids is 1. The van der Waals surface area contributed by atoms with Crippen LogP contribution in [0.25, 0.3) is 0 Å². The van der Waals surface area contributed by atoms with Crippen LogP contribution in [0, 0.1) is 0 Å². The Hall–Kier alpha value is -1.76. The summed E-state index contributed by atoms with van der Waals surface area (Å²) in [7, 11) is 0. The topological polar surface area (TPSA) is 44.8 Å². The standard InChI is InChI=1S/C18H15IO4/c19-9-15-16(12-6-7-13-14(8-12)22-10-21-13)17(18(20)23-15)11-4-2-1-3-5-11/h1-8,15-17H,9-10H2/t15-,16-,17+/m1/s1. The largest absolute Gasteiger partial charge is 0.460 e. The summed E-state index contributed by atoms with van der Waals surface area (Å²) in [6.45, 7) is 0.247. The minimum atomic E-state index is -0.281. The SMILES string of the molecule is O=C1O[C@H](CI)[C@@H](c2ccc3c(c2)OCO3)[C@@H]1c1ccccc1. The molecule has 2 aromatic carbocycles. The van der Waals surface area contributed by atoms with E-state index >= 15 is 0 Å².